The molecule has 3 aliphatic heterocycles. The Morgan fingerprint density at radius 1 is 0.975 bits per heavy atom. The summed E-state index contributed by atoms with van der Waals surface area (Å²) >= 11 is 0. The third-order valence-electron chi connectivity index (χ3n) is 7.91. The van der Waals surface area contributed by atoms with Crippen LogP contribution in [-0.4, -0.2) is 78.6 Å². The highest BCUT2D eigenvalue weighted by molar-refractivity contribution is 5.91. The lowest BCUT2D eigenvalue weighted by Crippen LogP contribution is -2.57. The average Bonchev–Trinajstić information content (AvgIpc) is 3.70. The molecule has 5 rings (SSSR count). The van der Waals surface area contributed by atoms with Gasteiger partial charge in [0.15, 0.2) is 11.5 Å². The van der Waals surface area contributed by atoms with Crippen LogP contribution in [0.3, 0.4) is 0 Å². The molecule has 0 bridgehead atoms. The van der Waals surface area contributed by atoms with Gasteiger partial charge in [-0.1, -0.05) is 20.8 Å². The van der Waals surface area contributed by atoms with E-state index in [0.717, 1.165) is 36.8 Å². The van der Waals surface area contributed by atoms with E-state index < -0.39 is 47.7 Å². The maximum absolute atomic E-state index is 13.8. The number of hydrogen-bond donors (Lipinski definition) is 1. The molecule has 0 radical (unpaired) electrons. The van der Waals surface area contributed by atoms with Crippen molar-refractivity contribution in [1.82, 2.24) is 15.1 Å². The van der Waals surface area contributed by atoms with Gasteiger partial charge in [0, 0.05) is 19.5 Å². The Kier molecular flexibility index (Phi) is 7.70. The van der Waals surface area contributed by atoms with Crippen LogP contribution in [-0.2, 0) is 36.9 Å². The van der Waals surface area contributed by atoms with E-state index in [0.29, 0.717) is 24.6 Å². The highest BCUT2D eigenvalue weighted by Gasteiger charge is 2.47. The molecular weight excluding hydrogens is 522 g/mol. The molecular formula is C28H37N3O9. The molecule has 1 saturated heterocycles. The summed E-state index contributed by atoms with van der Waals surface area (Å²) in [5, 5.41) is 2.73. The molecule has 3 atom stereocenters. The first-order valence-electron chi connectivity index (χ1n) is 13.8. The van der Waals surface area contributed by atoms with Crippen molar-refractivity contribution in [2.45, 2.75) is 90.3 Å². The number of alkyl carbamates (subject to hydrolysis) is 1. The molecule has 12 heteroatoms. The van der Waals surface area contributed by atoms with E-state index in [-0.39, 0.29) is 25.9 Å². The van der Waals surface area contributed by atoms with Crippen LogP contribution in [0.4, 0.5) is 9.59 Å². The molecule has 40 heavy (non-hydrogen) atoms. The molecule has 218 valence electrons. The first kappa shape index (κ1) is 27.9. The van der Waals surface area contributed by atoms with Gasteiger partial charge in [0.2, 0.25) is 12.7 Å². The number of carbonyl (C=O) groups excluding carboxylic acids is 4. The van der Waals surface area contributed by atoms with E-state index in [1.165, 1.54) is 12.0 Å². The number of amides is 3. The number of fused-ring (bicyclic) bond motifs is 2. The number of nitrogens with one attached hydrogen (secondary N) is 1. The fourth-order valence-corrected chi connectivity index (χ4v) is 5.74. The maximum Gasteiger partial charge on any atom is 0.410 e. The summed E-state index contributed by atoms with van der Waals surface area (Å²) in [4.78, 5) is 55.2. The molecule has 1 N–H and O–H groups in total. The van der Waals surface area contributed by atoms with Crippen LogP contribution >= 0.6 is 0 Å². The number of rotatable bonds is 5. The van der Waals surface area contributed by atoms with Crippen LogP contribution in [0, 0.1) is 5.41 Å². The Morgan fingerprint density at radius 2 is 1.60 bits per heavy atom. The molecule has 12 nitrogen and oxygen atoms in total. The zero-order valence-corrected chi connectivity index (χ0v) is 23.4. The Morgan fingerprint density at radius 3 is 2.17 bits per heavy atom. The van der Waals surface area contributed by atoms with E-state index in [2.05, 4.69) is 5.32 Å². The van der Waals surface area contributed by atoms with Gasteiger partial charge in [-0.2, -0.15) is 0 Å². The van der Waals surface area contributed by atoms with Crippen LogP contribution in [0.5, 0.6) is 11.5 Å². The molecule has 2 fully saturated rings. The summed E-state index contributed by atoms with van der Waals surface area (Å²) in [5.41, 5.74) is 1.21. The molecule has 1 saturated carbocycles. The predicted molar refractivity (Wildman–Crippen MR) is 139 cm³/mol. The fraction of sp³-hybridized carbons (Fsp3) is 0.643. The van der Waals surface area contributed by atoms with Crippen molar-refractivity contribution < 1.29 is 42.9 Å². The largest absolute Gasteiger partial charge is 0.467 e. The second-order valence-corrected chi connectivity index (χ2v) is 11.9. The minimum absolute atomic E-state index is 0.00691. The second-order valence-electron chi connectivity index (χ2n) is 11.9. The molecule has 0 aromatic heterocycles. The van der Waals surface area contributed by atoms with E-state index in [1.54, 1.807) is 4.90 Å². The van der Waals surface area contributed by atoms with Crippen molar-refractivity contribution in [3.8, 4) is 11.5 Å². The minimum atomic E-state index is -0.970. The Balaban J connectivity index is 1.24. The summed E-state index contributed by atoms with van der Waals surface area (Å²) in [5.74, 6) is 0.215. The van der Waals surface area contributed by atoms with Crippen molar-refractivity contribution in [3.63, 3.8) is 0 Å². The zero-order chi connectivity index (χ0) is 28.6. The second kappa shape index (κ2) is 11.1. The quantitative estimate of drug-likeness (QED) is 0.427. The van der Waals surface area contributed by atoms with Gasteiger partial charge in [-0.25, -0.2) is 14.4 Å². The number of nitrogens with zero attached hydrogens (tertiary/aromatic N) is 2. The van der Waals surface area contributed by atoms with Gasteiger partial charge in [0.25, 0.3) is 0 Å². The number of hydrogen-bond acceptors (Lipinski definition) is 9. The summed E-state index contributed by atoms with van der Waals surface area (Å²) in [7, 11) is 1.25. The standard InChI is InChI=1S/C28H37N3O9/c1-28(2,3)23(29-26(34)39-18-7-5-6-8-18)24(32)31-14-19(11-20(31)25(33)36-4)40-27(35)30-12-16-9-21-22(38-15-37-21)10-17(16)13-30/h9-10,18-20,23H,5-8,11-15H2,1-4H3,(H,29,34)/t19-,20+,23-/m1/s1. The number of ether oxygens (including phenoxy) is 5. The smallest absolute Gasteiger partial charge is 0.410 e. The lowest BCUT2D eigenvalue weighted by Gasteiger charge is -2.34. The van der Waals surface area contributed by atoms with Crippen molar-refractivity contribution >= 4 is 24.1 Å². The lowest BCUT2D eigenvalue weighted by atomic mass is 9.85. The third kappa shape index (κ3) is 5.75. The lowest BCUT2D eigenvalue weighted by molar-refractivity contribution is -0.152. The summed E-state index contributed by atoms with van der Waals surface area (Å²) < 4.78 is 27.1. The summed E-state index contributed by atoms with van der Waals surface area (Å²) in [6, 6.07) is 1.81. The summed E-state index contributed by atoms with van der Waals surface area (Å²) in [6.45, 7) is 6.33. The van der Waals surface area contributed by atoms with Gasteiger partial charge in [0.05, 0.1) is 13.7 Å². The Hall–Kier alpha value is -3.70. The topological polar surface area (TPSA) is 133 Å². The number of carbonyl (C=O) groups is 4. The number of esters is 1. The van der Waals surface area contributed by atoms with Crippen molar-refractivity contribution in [2.24, 2.45) is 5.41 Å². The Bertz CT molecular complexity index is 1140. The van der Waals surface area contributed by atoms with E-state index >= 15 is 0 Å². The fourth-order valence-electron chi connectivity index (χ4n) is 5.74. The predicted octanol–water partition coefficient (Wildman–Crippen LogP) is 3.09. The van der Waals surface area contributed by atoms with Crippen LogP contribution < -0.4 is 14.8 Å². The normalized spacial score (nSPS) is 22.6. The van der Waals surface area contributed by atoms with Crippen molar-refractivity contribution in [1.29, 1.82) is 0 Å². The Labute approximate surface area is 233 Å². The highest BCUT2D eigenvalue weighted by Crippen LogP contribution is 2.38. The van der Waals surface area contributed by atoms with E-state index in [1.807, 2.05) is 32.9 Å². The maximum atomic E-state index is 13.8. The number of benzene rings is 1. The molecule has 1 aliphatic carbocycles. The van der Waals surface area contributed by atoms with Gasteiger partial charge in [-0.15, -0.1) is 0 Å². The van der Waals surface area contributed by atoms with Crippen LogP contribution in [0.1, 0.15) is 64.0 Å². The third-order valence-corrected chi connectivity index (χ3v) is 7.91. The van der Waals surface area contributed by atoms with Gasteiger partial charge in [0.1, 0.15) is 24.3 Å². The van der Waals surface area contributed by atoms with E-state index in [4.69, 9.17) is 23.7 Å². The molecule has 4 aliphatic rings. The molecule has 3 amide bonds. The van der Waals surface area contributed by atoms with Gasteiger partial charge in [-0.05, 0) is 54.4 Å². The van der Waals surface area contributed by atoms with Crippen LogP contribution in [0.2, 0.25) is 0 Å². The van der Waals surface area contributed by atoms with Crippen molar-refractivity contribution in [2.75, 3.05) is 20.4 Å². The number of likely N-dealkylation sites (tertiary alicyclic amines) is 1. The minimum Gasteiger partial charge on any atom is -0.467 e. The first-order chi connectivity index (χ1) is 19.0. The van der Waals surface area contributed by atoms with Gasteiger partial charge in [-0.3, -0.25) is 9.69 Å². The number of methoxy groups -OCH3 is 1. The molecule has 1 aromatic carbocycles. The zero-order valence-electron chi connectivity index (χ0n) is 23.4. The first-order valence-corrected chi connectivity index (χ1v) is 13.8. The van der Waals surface area contributed by atoms with Crippen LogP contribution in [0.25, 0.3) is 0 Å². The van der Waals surface area contributed by atoms with Gasteiger partial charge < -0.3 is 33.9 Å². The average molecular weight is 560 g/mol. The van der Waals surface area contributed by atoms with Crippen LogP contribution in [0.15, 0.2) is 12.1 Å². The van der Waals surface area contributed by atoms with Crippen molar-refractivity contribution in [3.05, 3.63) is 23.3 Å². The van der Waals surface area contributed by atoms with E-state index in [9.17, 15) is 19.2 Å². The van der Waals surface area contributed by atoms with Gasteiger partial charge >= 0.3 is 18.2 Å². The monoisotopic (exact) mass is 559 g/mol. The molecule has 0 spiro atoms. The molecule has 3 heterocycles. The highest BCUT2D eigenvalue weighted by atomic mass is 16.7. The SMILES string of the molecule is COC(=O)[C@@H]1C[C@@H](OC(=O)N2Cc3cc4c(cc3C2)OCO4)CN1C(=O)[C@@H](NC(=O)OC1CCCC1)C(C)(C)C. The summed E-state index contributed by atoms with van der Waals surface area (Å²) in [6.07, 6.45) is 1.60. The molecule has 1 aromatic rings. The molecule has 0 unspecified atom stereocenters.